The SMILES string of the molecule is CCN(CC)c1ccc(N=Nc2nc3ccccc3s2)c(Nc2nc(Nc3cc(N(CC)CC)ccc3N=Nc3nc4ccc(S(=O)(=O)O)cc4s3)nc(N(CCO)CCO)n2)c1. The van der Waals surface area contributed by atoms with Crippen molar-refractivity contribution in [2.75, 3.05) is 77.8 Å². The summed E-state index contributed by atoms with van der Waals surface area (Å²) in [5.41, 5.74) is 5.12. The molecule has 0 aliphatic rings. The minimum atomic E-state index is -4.40. The summed E-state index contributed by atoms with van der Waals surface area (Å²) >= 11 is 2.55. The second-order valence-electron chi connectivity index (χ2n) is 13.7. The van der Waals surface area contributed by atoms with Gasteiger partial charge in [-0.25, -0.2) is 9.97 Å². The number of rotatable bonds is 20. The highest BCUT2D eigenvalue weighted by atomic mass is 32.2. The number of para-hydroxylation sites is 1. The third-order valence-electron chi connectivity index (χ3n) is 9.77. The molecule has 7 rings (SSSR count). The Kier molecular flexibility index (Phi) is 14.4. The molecule has 4 aromatic carbocycles. The lowest BCUT2D eigenvalue weighted by molar-refractivity contribution is 0.280. The van der Waals surface area contributed by atoms with Crippen molar-refractivity contribution in [2.24, 2.45) is 20.5 Å². The van der Waals surface area contributed by atoms with Gasteiger partial charge in [0.15, 0.2) is 0 Å². The molecular formula is C41H46N14O5S3. The Labute approximate surface area is 371 Å². The zero-order valence-corrected chi connectivity index (χ0v) is 37.4. The fourth-order valence-corrected chi connectivity index (χ4v) is 8.79. The van der Waals surface area contributed by atoms with Crippen molar-refractivity contribution in [2.45, 2.75) is 32.6 Å². The molecule has 0 spiro atoms. The number of nitrogens with one attached hydrogen (secondary N) is 2. The van der Waals surface area contributed by atoms with E-state index in [1.165, 1.54) is 29.5 Å². The van der Waals surface area contributed by atoms with Gasteiger partial charge in [0, 0.05) is 50.6 Å². The number of aromatic nitrogens is 5. The first-order valence-electron chi connectivity index (χ1n) is 20.1. The molecule has 19 nitrogen and oxygen atoms in total. The van der Waals surface area contributed by atoms with E-state index in [4.69, 9.17) is 15.0 Å². The van der Waals surface area contributed by atoms with Gasteiger partial charge in [-0.15, -0.1) is 20.5 Å². The fraction of sp³-hybridized carbons (Fsp3) is 0.293. The van der Waals surface area contributed by atoms with E-state index >= 15 is 0 Å². The molecular weight excluding hydrogens is 865 g/mol. The number of aliphatic hydroxyl groups excluding tert-OH is 2. The van der Waals surface area contributed by atoms with Crippen LogP contribution in [0, 0.1) is 0 Å². The topological polar surface area (TPSA) is 242 Å². The van der Waals surface area contributed by atoms with Crippen molar-refractivity contribution in [3.8, 4) is 0 Å². The second kappa shape index (κ2) is 20.3. The number of thiazole rings is 2. The molecule has 0 aliphatic carbocycles. The van der Waals surface area contributed by atoms with Crippen LogP contribution in [0.15, 0.2) is 104 Å². The van der Waals surface area contributed by atoms with Gasteiger partial charge in [-0.05, 0) is 94.4 Å². The van der Waals surface area contributed by atoms with Crippen LogP contribution >= 0.6 is 22.7 Å². The number of hydrogen-bond donors (Lipinski definition) is 5. The Bertz CT molecular complexity index is 2820. The fourth-order valence-electron chi connectivity index (χ4n) is 6.60. The minimum absolute atomic E-state index is 0.117. The molecule has 0 amide bonds. The molecule has 0 bridgehead atoms. The molecule has 0 saturated carbocycles. The molecule has 7 aromatic rings. The minimum Gasteiger partial charge on any atom is -0.395 e. The Hall–Kier alpha value is -6.30. The maximum Gasteiger partial charge on any atom is 0.294 e. The van der Waals surface area contributed by atoms with E-state index in [1.807, 2.05) is 54.6 Å². The van der Waals surface area contributed by atoms with Gasteiger partial charge in [0.2, 0.25) is 28.1 Å². The smallest absolute Gasteiger partial charge is 0.294 e. The zero-order valence-electron chi connectivity index (χ0n) is 34.9. The molecule has 3 aromatic heterocycles. The van der Waals surface area contributed by atoms with Gasteiger partial charge < -0.3 is 35.5 Å². The van der Waals surface area contributed by atoms with E-state index < -0.39 is 10.1 Å². The molecule has 0 radical (unpaired) electrons. The molecule has 0 fully saturated rings. The predicted octanol–water partition coefficient (Wildman–Crippen LogP) is 9.14. The molecule has 0 saturated heterocycles. The summed E-state index contributed by atoms with van der Waals surface area (Å²) in [5.74, 6) is 0.433. The van der Waals surface area contributed by atoms with E-state index in [2.05, 4.69) is 78.6 Å². The first kappa shape index (κ1) is 44.7. The van der Waals surface area contributed by atoms with E-state index in [0.29, 0.717) is 38.1 Å². The third kappa shape index (κ3) is 10.8. The third-order valence-corrected chi connectivity index (χ3v) is 12.4. The van der Waals surface area contributed by atoms with Crippen LogP contribution in [0.3, 0.4) is 0 Å². The van der Waals surface area contributed by atoms with Gasteiger partial charge in [0.25, 0.3) is 10.1 Å². The lowest BCUT2D eigenvalue weighted by Gasteiger charge is -2.24. The summed E-state index contributed by atoms with van der Waals surface area (Å²) < 4.78 is 34.5. The van der Waals surface area contributed by atoms with E-state index in [1.54, 1.807) is 11.0 Å². The van der Waals surface area contributed by atoms with E-state index in [9.17, 15) is 23.2 Å². The number of azo groups is 2. The summed E-state index contributed by atoms with van der Waals surface area (Å²) in [6.07, 6.45) is 0. The summed E-state index contributed by atoms with van der Waals surface area (Å²) in [4.78, 5) is 29.1. The van der Waals surface area contributed by atoms with Crippen LogP contribution < -0.4 is 25.3 Å². The highest BCUT2D eigenvalue weighted by Gasteiger charge is 2.19. The van der Waals surface area contributed by atoms with Gasteiger partial charge in [-0.3, -0.25) is 4.55 Å². The average molecular weight is 911 g/mol. The number of hydrogen-bond acceptors (Lipinski definition) is 20. The summed E-state index contributed by atoms with van der Waals surface area (Å²) in [6.45, 7) is 11.1. The van der Waals surface area contributed by atoms with Crippen LogP contribution in [0.4, 0.5) is 62.2 Å². The zero-order chi connectivity index (χ0) is 44.5. The van der Waals surface area contributed by atoms with Crippen LogP contribution in [0.2, 0.25) is 0 Å². The Morgan fingerprint density at radius 1 is 0.587 bits per heavy atom. The predicted molar refractivity (Wildman–Crippen MR) is 250 cm³/mol. The second-order valence-corrected chi connectivity index (χ2v) is 17.1. The maximum atomic E-state index is 11.7. The van der Waals surface area contributed by atoms with Gasteiger partial charge in [-0.2, -0.15) is 23.4 Å². The number of nitrogens with zero attached hydrogens (tertiary/aromatic N) is 12. The van der Waals surface area contributed by atoms with Gasteiger partial charge in [0.1, 0.15) is 11.4 Å². The van der Waals surface area contributed by atoms with Crippen molar-refractivity contribution in [1.82, 2.24) is 24.9 Å². The first-order chi connectivity index (χ1) is 30.5. The number of benzene rings is 4. The standard InChI is InChI=1S/C41H46N14O5S3/c1-5-53(6-2)26-13-16-29(49-51-40-44-31-11-9-10-12-35(31)61-40)33(23-26)42-37-46-38(48-39(47-37)55(19-21-56)20-22-57)43-34-24-27(54(7-3)8-4)14-17-30(34)50-52-41-45-32-18-15-28(63(58,59)60)25-36(32)62-41/h9-18,23-25,56-57H,5-8,19-22H2,1-4H3,(H,58,59,60)(H2,42,43,46,47,48). The van der Waals surface area contributed by atoms with Crippen molar-refractivity contribution < 1.29 is 23.2 Å². The molecule has 328 valence electrons. The molecule has 22 heteroatoms. The number of fused-ring (bicyclic) bond motifs is 2. The molecule has 0 atom stereocenters. The van der Waals surface area contributed by atoms with Crippen LogP contribution in [0.25, 0.3) is 20.4 Å². The van der Waals surface area contributed by atoms with Crippen molar-refractivity contribution in [3.63, 3.8) is 0 Å². The first-order valence-corrected chi connectivity index (χ1v) is 23.2. The van der Waals surface area contributed by atoms with Crippen molar-refractivity contribution in [3.05, 3.63) is 78.9 Å². The van der Waals surface area contributed by atoms with Crippen molar-refractivity contribution >= 4 is 115 Å². The Balaban J connectivity index is 1.29. The van der Waals surface area contributed by atoms with E-state index in [-0.39, 0.29) is 54.2 Å². The van der Waals surface area contributed by atoms with Crippen LogP contribution in [-0.2, 0) is 10.1 Å². The summed E-state index contributed by atoms with van der Waals surface area (Å²) in [7, 11) is -4.40. The lowest BCUT2D eigenvalue weighted by atomic mass is 10.2. The van der Waals surface area contributed by atoms with Gasteiger partial charge >= 0.3 is 0 Å². The van der Waals surface area contributed by atoms with Gasteiger partial charge in [-0.1, -0.05) is 34.8 Å². The Morgan fingerprint density at radius 3 is 1.59 bits per heavy atom. The lowest BCUT2D eigenvalue weighted by Crippen LogP contribution is -2.31. The monoisotopic (exact) mass is 910 g/mol. The summed E-state index contributed by atoms with van der Waals surface area (Å²) in [6, 6.07) is 23.3. The Morgan fingerprint density at radius 2 is 1.10 bits per heavy atom. The molecule has 5 N–H and O–H groups in total. The van der Waals surface area contributed by atoms with E-state index in [0.717, 1.165) is 59.1 Å². The molecule has 63 heavy (non-hydrogen) atoms. The van der Waals surface area contributed by atoms with Crippen LogP contribution in [0.1, 0.15) is 27.7 Å². The van der Waals surface area contributed by atoms with Crippen molar-refractivity contribution in [1.29, 1.82) is 0 Å². The normalized spacial score (nSPS) is 11.9. The molecule has 0 unspecified atom stereocenters. The molecule has 0 aliphatic heterocycles. The molecule has 3 heterocycles. The maximum absolute atomic E-state index is 11.7. The highest BCUT2D eigenvalue weighted by molar-refractivity contribution is 7.85. The summed E-state index contributed by atoms with van der Waals surface area (Å²) in [5, 5.41) is 45.5. The van der Waals surface area contributed by atoms with Crippen LogP contribution in [-0.4, -0.2) is 101 Å². The number of aliphatic hydroxyl groups is 2. The largest absolute Gasteiger partial charge is 0.395 e. The number of anilines is 7. The quantitative estimate of drug-likeness (QED) is 0.0354. The highest BCUT2D eigenvalue weighted by Crippen LogP contribution is 2.38. The van der Waals surface area contributed by atoms with Gasteiger partial charge in [0.05, 0.1) is 49.9 Å². The van der Waals surface area contributed by atoms with Crippen LogP contribution in [0.5, 0.6) is 0 Å². The average Bonchev–Trinajstić information content (AvgIpc) is 3.90.